The smallest absolute Gasteiger partial charge is 0.279 e. The average Bonchev–Trinajstić information content (AvgIpc) is 3.13. The molecule has 5 rings (SSSR count). The van der Waals surface area contributed by atoms with Crippen LogP contribution in [-0.2, 0) is 19.3 Å². The summed E-state index contributed by atoms with van der Waals surface area (Å²) >= 11 is 0. The standard InChI is InChI=1S/C23H22FN3O/c24-17-11-13-18(14-12-17)27-21-10-4-2-8-19(21)22(25-27)23(28)26-15-5-7-16-6-1-3-9-20(16)26/h1,3,6,9,11-14H,2,4-5,7-8,10,15H2. The molecule has 3 aromatic rings. The van der Waals surface area contributed by atoms with Crippen LogP contribution in [-0.4, -0.2) is 22.2 Å². The predicted octanol–water partition coefficient (Wildman–Crippen LogP) is 4.48. The van der Waals surface area contributed by atoms with E-state index in [2.05, 4.69) is 6.07 Å². The highest BCUT2D eigenvalue weighted by Gasteiger charge is 2.31. The molecule has 4 nitrogen and oxygen atoms in total. The van der Waals surface area contributed by atoms with Crippen LogP contribution in [0.3, 0.4) is 0 Å². The zero-order valence-corrected chi connectivity index (χ0v) is 15.7. The first-order chi connectivity index (χ1) is 13.7. The van der Waals surface area contributed by atoms with Crippen LogP contribution in [0, 0.1) is 5.82 Å². The fraction of sp³-hybridized carbons (Fsp3) is 0.304. The summed E-state index contributed by atoms with van der Waals surface area (Å²) in [4.78, 5) is 15.4. The second kappa shape index (κ2) is 6.89. The second-order valence-corrected chi connectivity index (χ2v) is 7.56. The molecule has 0 unspecified atom stereocenters. The number of aromatic nitrogens is 2. The zero-order valence-electron chi connectivity index (χ0n) is 15.7. The molecule has 0 atom stereocenters. The summed E-state index contributed by atoms with van der Waals surface area (Å²) in [5.74, 6) is -0.294. The number of hydrogen-bond donors (Lipinski definition) is 0. The molecule has 2 heterocycles. The molecular formula is C23H22FN3O. The number of carbonyl (C=O) groups excluding carboxylic acids is 1. The van der Waals surface area contributed by atoms with Crippen LogP contribution in [0.15, 0.2) is 48.5 Å². The maximum absolute atomic E-state index is 13.5. The van der Waals surface area contributed by atoms with Crippen LogP contribution in [0.1, 0.15) is 46.6 Å². The molecule has 0 saturated heterocycles. The molecule has 0 spiro atoms. The Morgan fingerprint density at radius 3 is 2.57 bits per heavy atom. The van der Waals surface area contributed by atoms with Crippen molar-refractivity contribution in [1.29, 1.82) is 0 Å². The van der Waals surface area contributed by atoms with Gasteiger partial charge in [0.25, 0.3) is 5.91 Å². The molecule has 1 aromatic heterocycles. The Bertz CT molecular complexity index is 1040. The number of benzene rings is 2. The minimum Gasteiger partial charge on any atom is -0.307 e. The normalized spacial score (nSPS) is 15.8. The molecule has 0 N–H and O–H groups in total. The van der Waals surface area contributed by atoms with Crippen molar-refractivity contribution in [1.82, 2.24) is 9.78 Å². The van der Waals surface area contributed by atoms with E-state index in [1.807, 2.05) is 27.8 Å². The topological polar surface area (TPSA) is 38.1 Å². The minimum atomic E-state index is -0.272. The fourth-order valence-corrected chi connectivity index (χ4v) is 4.44. The lowest BCUT2D eigenvalue weighted by atomic mass is 9.94. The van der Waals surface area contributed by atoms with Crippen LogP contribution >= 0.6 is 0 Å². The fourth-order valence-electron chi connectivity index (χ4n) is 4.44. The number of rotatable bonds is 2. The number of hydrogen-bond acceptors (Lipinski definition) is 2. The van der Waals surface area contributed by atoms with E-state index >= 15 is 0 Å². The van der Waals surface area contributed by atoms with E-state index in [-0.39, 0.29) is 11.7 Å². The van der Waals surface area contributed by atoms with Gasteiger partial charge in [0.2, 0.25) is 0 Å². The number of halogens is 1. The van der Waals surface area contributed by atoms with Crippen molar-refractivity contribution in [3.8, 4) is 5.69 Å². The van der Waals surface area contributed by atoms with E-state index < -0.39 is 0 Å². The van der Waals surface area contributed by atoms with Crippen molar-refractivity contribution in [3.05, 3.63) is 76.9 Å². The van der Waals surface area contributed by atoms with E-state index in [1.54, 1.807) is 12.1 Å². The van der Waals surface area contributed by atoms with Gasteiger partial charge in [-0.15, -0.1) is 0 Å². The molecule has 1 aliphatic heterocycles. The lowest BCUT2D eigenvalue weighted by Crippen LogP contribution is -2.36. The predicted molar refractivity (Wildman–Crippen MR) is 107 cm³/mol. The number of anilines is 1. The van der Waals surface area contributed by atoms with Gasteiger partial charge in [-0.25, -0.2) is 9.07 Å². The summed E-state index contributed by atoms with van der Waals surface area (Å²) in [5.41, 5.74) is 5.72. The van der Waals surface area contributed by atoms with Gasteiger partial charge < -0.3 is 4.90 Å². The second-order valence-electron chi connectivity index (χ2n) is 7.56. The number of aryl methyl sites for hydroxylation is 1. The monoisotopic (exact) mass is 375 g/mol. The molecule has 28 heavy (non-hydrogen) atoms. The number of amides is 1. The highest BCUT2D eigenvalue weighted by molar-refractivity contribution is 6.06. The summed E-state index contributed by atoms with van der Waals surface area (Å²) in [7, 11) is 0. The molecular weight excluding hydrogens is 353 g/mol. The van der Waals surface area contributed by atoms with Gasteiger partial charge in [0.1, 0.15) is 5.82 Å². The third-order valence-electron chi connectivity index (χ3n) is 5.81. The first-order valence-electron chi connectivity index (χ1n) is 9.99. The Labute approximate surface area is 163 Å². The Morgan fingerprint density at radius 2 is 1.71 bits per heavy atom. The third-order valence-corrected chi connectivity index (χ3v) is 5.81. The van der Waals surface area contributed by atoms with E-state index in [0.717, 1.165) is 61.2 Å². The van der Waals surface area contributed by atoms with Crippen LogP contribution in [0.5, 0.6) is 0 Å². The van der Waals surface area contributed by atoms with Gasteiger partial charge in [0.15, 0.2) is 5.69 Å². The molecule has 0 fully saturated rings. The maximum atomic E-state index is 13.5. The third kappa shape index (κ3) is 2.82. The lowest BCUT2D eigenvalue weighted by Gasteiger charge is -2.29. The van der Waals surface area contributed by atoms with Gasteiger partial charge in [-0.3, -0.25) is 4.79 Å². The van der Waals surface area contributed by atoms with E-state index in [1.165, 1.54) is 17.7 Å². The van der Waals surface area contributed by atoms with Crippen molar-refractivity contribution >= 4 is 11.6 Å². The lowest BCUT2D eigenvalue weighted by molar-refractivity contribution is 0.0979. The summed E-state index contributed by atoms with van der Waals surface area (Å²) in [6.45, 7) is 0.716. The van der Waals surface area contributed by atoms with Crippen LogP contribution in [0.2, 0.25) is 0 Å². The summed E-state index contributed by atoms with van der Waals surface area (Å²) < 4.78 is 15.2. The van der Waals surface area contributed by atoms with Crippen LogP contribution < -0.4 is 4.90 Å². The Balaban J connectivity index is 1.59. The van der Waals surface area contributed by atoms with E-state index in [4.69, 9.17) is 5.10 Å². The van der Waals surface area contributed by atoms with Crippen LogP contribution in [0.25, 0.3) is 5.69 Å². The summed E-state index contributed by atoms with van der Waals surface area (Å²) in [6.07, 6.45) is 5.88. The molecule has 1 amide bonds. The summed E-state index contributed by atoms with van der Waals surface area (Å²) in [5, 5.41) is 4.74. The Kier molecular flexibility index (Phi) is 4.23. The quantitative estimate of drug-likeness (QED) is 0.662. The molecule has 5 heteroatoms. The van der Waals surface area contributed by atoms with Gasteiger partial charge in [0, 0.05) is 23.5 Å². The largest absolute Gasteiger partial charge is 0.307 e. The highest BCUT2D eigenvalue weighted by atomic mass is 19.1. The SMILES string of the molecule is O=C(c1nn(-c2ccc(F)cc2)c2c1CCCC2)N1CCCc2ccccc21. The van der Waals surface area contributed by atoms with Crippen molar-refractivity contribution in [3.63, 3.8) is 0 Å². The first-order valence-corrected chi connectivity index (χ1v) is 9.99. The molecule has 1 aliphatic carbocycles. The first kappa shape index (κ1) is 17.2. The van der Waals surface area contributed by atoms with E-state index in [9.17, 15) is 9.18 Å². The van der Waals surface area contributed by atoms with Crippen LogP contribution in [0.4, 0.5) is 10.1 Å². The Hall–Kier alpha value is -2.95. The number of carbonyl (C=O) groups is 1. The molecule has 0 radical (unpaired) electrons. The van der Waals surface area contributed by atoms with Crippen molar-refractivity contribution in [2.24, 2.45) is 0 Å². The maximum Gasteiger partial charge on any atom is 0.279 e. The van der Waals surface area contributed by atoms with Crippen molar-refractivity contribution < 1.29 is 9.18 Å². The molecule has 0 bridgehead atoms. The zero-order chi connectivity index (χ0) is 19.1. The van der Waals surface area contributed by atoms with E-state index in [0.29, 0.717) is 12.2 Å². The van der Waals surface area contributed by atoms with Crippen molar-refractivity contribution in [2.75, 3.05) is 11.4 Å². The highest BCUT2D eigenvalue weighted by Crippen LogP contribution is 2.32. The van der Waals surface area contributed by atoms with Gasteiger partial charge in [-0.1, -0.05) is 18.2 Å². The van der Waals surface area contributed by atoms with Gasteiger partial charge in [-0.05, 0) is 74.4 Å². The minimum absolute atomic E-state index is 0.0221. The molecule has 142 valence electrons. The molecule has 2 aliphatic rings. The molecule has 2 aromatic carbocycles. The average molecular weight is 375 g/mol. The number of fused-ring (bicyclic) bond motifs is 2. The number of nitrogens with zero attached hydrogens (tertiary/aromatic N) is 3. The van der Waals surface area contributed by atoms with Gasteiger partial charge >= 0.3 is 0 Å². The van der Waals surface area contributed by atoms with Gasteiger partial charge in [-0.2, -0.15) is 5.10 Å². The summed E-state index contributed by atoms with van der Waals surface area (Å²) in [6, 6.07) is 14.5. The van der Waals surface area contributed by atoms with Gasteiger partial charge in [0.05, 0.1) is 5.69 Å². The van der Waals surface area contributed by atoms with Crippen molar-refractivity contribution in [2.45, 2.75) is 38.5 Å². The Morgan fingerprint density at radius 1 is 0.929 bits per heavy atom. The molecule has 0 saturated carbocycles. The number of para-hydroxylation sites is 1.